The van der Waals surface area contributed by atoms with E-state index in [1.54, 1.807) is 31.2 Å². The minimum absolute atomic E-state index is 0.124. The van der Waals surface area contributed by atoms with Crippen molar-refractivity contribution in [2.45, 2.75) is 33.0 Å². The van der Waals surface area contributed by atoms with Gasteiger partial charge in [0.25, 0.3) is 5.91 Å². The van der Waals surface area contributed by atoms with Gasteiger partial charge in [0.2, 0.25) is 0 Å². The van der Waals surface area contributed by atoms with Crippen molar-refractivity contribution >= 4 is 17.3 Å². The molecule has 5 heteroatoms. The first-order valence-corrected chi connectivity index (χ1v) is 6.42. The highest BCUT2D eigenvalue weighted by molar-refractivity contribution is 5.94. The van der Waals surface area contributed by atoms with Crippen LogP contribution in [0.4, 0.5) is 11.4 Å². The molecule has 0 aliphatic rings. The molecule has 1 rings (SSSR count). The van der Waals surface area contributed by atoms with E-state index in [1.165, 1.54) is 0 Å². The lowest BCUT2D eigenvalue weighted by Gasteiger charge is -2.18. The Labute approximate surface area is 114 Å². The molecule has 1 aromatic carbocycles. The van der Waals surface area contributed by atoms with Crippen molar-refractivity contribution in [2.75, 3.05) is 24.3 Å². The molecule has 2 atom stereocenters. The number of amides is 1. The average molecular weight is 266 g/mol. The zero-order valence-corrected chi connectivity index (χ0v) is 11.7. The predicted molar refractivity (Wildman–Crippen MR) is 76.0 cm³/mol. The lowest BCUT2D eigenvalue weighted by Crippen LogP contribution is -2.32. The van der Waals surface area contributed by atoms with Gasteiger partial charge in [-0.1, -0.05) is 6.07 Å². The Bertz CT molecular complexity index is 409. The maximum Gasteiger partial charge on any atom is 0.253 e. The topological polar surface area (TPSA) is 73.6 Å². The number of ether oxygens (including phenoxy) is 2. The Morgan fingerprint density at radius 3 is 2.79 bits per heavy atom. The Morgan fingerprint density at radius 1 is 1.42 bits per heavy atom. The molecular formula is C14H22N2O3. The van der Waals surface area contributed by atoms with Gasteiger partial charge < -0.3 is 20.5 Å². The minimum atomic E-state index is -0.545. The lowest BCUT2D eigenvalue weighted by atomic mass is 10.2. The fraction of sp³-hybridized carbons (Fsp3) is 0.500. The molecule has 0 aliphatic heterocycles. The van der Waals surface area contributed by atoms with Crippen molar-refractivity contribution in [3.8, 4) is 0 Å². The van der Waals surface area contributed by atoms with Crippen LogP contribution in [-0.2, 0) is 14.3 Å². The summed E-state index contributed by atoms with van der Waals surface area (Å²) < 4.78 is 10.8. The maximum absolute atomic E-state index is 11.9. The molecule has 106 valence electrons. The molecule has 0 heterocycles. The highest BCUT2D eigenvalue weighted by atomic mass is 16.5. The first-order valence-electron chi connectivity index (χ1n) is 6.42. The summed E-state index contributed by atoms with van der Waals surface area (Å²) in [7, 11) is 0. The molecule has 5 nitrogen and oxygen atoms in total. The van der Waals surface area contributed by atoms with Gasteiger partial charge in [0.15, 0.2) is 0 Å². The van der Waals surface area contributed by atoms with Crippen LogP contribution in [0.1, 0.15) is 20.8 Å². The summed E-state index contributed by atoms with van der Waals surface area (Å²) in [5.74, 6) is -0.200. The molecule has 0 spiro atoms. The van der Waals surface area contributed by atoms with Crippen molar-refractivity contribution < 1.29 is 14.3 Å². The van der Waals surface area contributed by atoms with E-state index >= 15 is 0 Å². The van der Waals surface area contributed by atoms with Crippen molar-refractivity contribution in [3.05, 3.63) is 24.3 Å². The summed E-state index contributed by atoms with van der Waals surface area (Å²) in [5, 5.41) is 2.76. The van der Waals surface area contributed by atoms with Crippen LogP contribution < -0.4 is 11.1 Å². The Balaban J connectivity index is 2.44. The fourth-order valence-electron chi connectivity index (χ4n) is 1.59. The molecule has 19 heavy (non-hydrogen) atoms. The summed E-state index contributed by atoms with van der Waals surface area (Å²) in [6.45, 7) is 6.62. The lowest BCUT2D eigenvalue weighted by molar-refractivity contribution is -0.131. The summed E-state index contributed by atoms with van der Waals surface area (Å²) >= 11 is 0. The van der Waals surface area contributed by atoms with Crippen molar-refractivity contribution in [2.24, 2.45) is 0 Å². The highest BCUT2D eigenvalue weighted by Crippen LogP contribution is 2.12. The first kappa shape index (κ1) is 15.5. The SMILES string of the molecule is CCOCC(C)OC(C)C(=O)Nc1cccc(N)c1. The van der Waals surface area contributed by atoms with Crippen molar-refractivity contribution in [1.29, 1.82) is 0 Å². The van der Waals surface area contributed by atoms with E-state index in [1.807, 2.05) is 13.8 Å². The summed E-state index contributed by atoms with van der Waals surface area (Å²) in [6.07, 6.45) is -0.668. The van der Waals surface area contributed by atoms with E-state index in [2.05, 4.69) is 5.32 Å². The number of carbonyl (C=O) groups is 1. The second kappa shape index (κ2) is 7.76. The van der Waals surface area contributed by atoms with Crippen molar-refractivity contribution in [1.82, 2.24) is 0 Å². The monoisotopic (exact) mass is 266 g/mol. The molecular weight excluding hydrogens is 244 g/mol. The number of nitrogens with one attached hydrogen (secondary N) is 1. The predicted octanol–water partition coefficient (Wildman–Crippen LogP) is 2.04. The van der Waals surface area contributed by atoms with Crippen LogP contribution in [0.15, 0.2) is 24.3 Å². The van der Waals surface area contributed by atoms with Crippen LogP contribution in [0.3, 0.4) is 0 Å². The molecule has 0 fully saturated rings. The molecule has 2 unspecified atom stereocenters. The Hall–Kier alpha value is -1.59. The molecule has 0 saturated heterocycles. The Morgan fingerprint density at radius 2 is 2.16 bits per heavy atom. The van der Waals surface area contributed by atoms with E-state index in [-0.39, 0.29) is 12.0 Å². The van der Waals surface area contributed by atoms with Gasteiger partial charge in [-0.15, -0.1) is 0 Å². The molecule has 1 amide bonds. The quantitative estimate of drug-likeness (QED) is 0.741. The molecule has 0 aliphatic carbocycles. The van der Waals surface area contributed by atoms with E-state index < -0.39 is 6.10 Å². The largest absolute Gasteiger partial charge is 0.399 e. The van der Waals surface area contributed by atoms with E-state index in [0.717, 1.165) is 0 Å². The Kier molecular flexibility index (Phi) is 6.32. The number of hydrogen-bond acceptors (Lipinski definition) is 4. The minimum Gasteiger partial charge on any atom is -0.399 e. The van der Waals surface area contributed by atoms with Gasteiger partial charge in [0.05, 0.1) is 12.7 Å². The zero-order valence-electron chi connectivity index (χ0n) is 11.7. The highest BCUT2D eigenvalue weighted by Gasteiger charge is 2.16. The number of nitrogens with two attached hydrogens (primary N) is 1. The smallest absolute Gasteiger partial charge is 0.253 e. The zero-order chi connectivity index (χ0) is 14.3. The van der Waals surface area contributed by atoms with Crippen LogP contribution in [0.25, 0.3) is 0 Å². The second-order valence-electron chi connectivity index (χ2n) is 4.36. The number of benzene rings is 1. The van der Waals surface area contributed by atoms with E-state index in [9.17, 15) is 4.79 Å². The average Bonchev–Trinajstić information content (AvgIpc) is 2.36. The van der Waals surface area contributed by atoms with Gasteiger partial charge in [-0.25, -0.2) is 0 Å². The van der Waals surface area contributed by atoms with Gasteiger partial charge >= 0.3 is 0 Å². The first-order chi connectivity index (χ1) is 9.02. The number of anilines is 2. The third-order valence-electron chi connectivity index (χ3n) is 2.52. The second-order valence-corrected chi connectivity index (χ2v) is 4.36. The summed E-state index contributed by atoms with van der Waals surface area (Å²) in [6, 6.07) is 7.03. The fourth-order valence-corrected chi connectivity index (χ4v) is 1.59. The van der Waals surface area contributed by atoms with Crippen LogP contribution in [0.2, 0.25) is 0 Å². The third kappa shape index (κ3) is 5.72. The van der Waals surface area contributed by atoms with Gasteiger partial charge in [0, 0.05) is 18.0 Å². The van der Waals surface area contributed by atoms with E-state index in [0.29, 0.717) is 24.6 Å². The summed E-state index contributed by atoms with van der Waals surface area (Å²) in [4.78, 5) is 11.9. The maximum atomic E-state index is 11.9. The molecule has 0 radical (unpaired) electrons. The van der Waals surface area contributed by atoms with Crippen LogP contribution >= 0.6 is 0 Å². The molecule has 0 aromatic heterocycles. The number of nitrogen functional groups attached to an aromatic ring is 1. The van der Waals surface area contributed by atoms with Gasteiger partial charge in [-0.2, -0.15) is 0 Å². The number of carbonyl (C=O) groups excluding carboxylic acids is 1. The van der Waals surface area contributed by atoms with Gasteiger partial charge in [-0.05, 0) is 39.0 Å². The third-order valence-corrected chi connectivity index (χ3v) is 2.52. The van der Waals surface area contributed by atoms with Crippen molar-refractivity contribution in [3.63, 3.8) is 0 Å². The van der Waals surface area contributed by atoms with Gasteiger partial charge in [-0.3, -0.25) is 4.79 Å². The number of rotatable bonds is 7. The van der Waals surface area contributed by atoms with Gasteiger partial charge in [0.1, 0.15) is 6.10 Å². The van der Waals surface area contributed by atoms with Crippen LogP contribution in [0.5, 0.6) is 0 Å². The summed E-state index contributed by atoms with van der Waals surface area (Å²) in [5.41, 5.74) is 6.92. The van der Waals surface area contributed by atoms with Crippen LogP contribution in [0, 0.1) is 0 Å². The molecule has 0 saturated carbocycles. The van der Waals surface area contributed by atoms with Crippen LogP contribution in [-0.4, -0.2) is 31.3 Å². The normalized spacial score (nSPS) is 13.8. The standard InChI is InChI=1S/C14H22N2O3/c1-4-18-9-10(2)19-11(3)14(17)16-13-7-5-6-12(15)8-13/h5-8,10-11H,4,9,15H2,1-3H3,(H,16,17). The molecule has 1 aromatic rings. The molecule has 0 bridgehead atoms. The molecule has 3 N–H and O–H groups in total. The number of hydrogen-bond donors (Lipinski definition) is 2. The van der Waals surface area contributed by atoms with E-state index in [4.69, 9.17) is 15.2 Å².